The predicted molar refractivity (Wildman–Crippen MR) is 95.0 cm³/mol. The first-order chi connectivity index (χ1) is 11.6. The molecule has 7 heteroatoms. The van der Waals surface area contributed by atoms with E-state index in [4.69, 9.17) is 9.47 Å². The molecular weight excluding hydrogens is 326 g/mol. The van der Waals surface area contributed by atoms with E-state index in [1.807, 2.05) is 7.05 Å². The van der Waals surface area contributed by atoms with Gasteiger partial charge in [-0.15, -0.1) is 0 Å². The van der Waals surface area contributed by atoms with Crippen LogP contribution in [0.4, 0.5) is 0 Å². The molecule has 1 aromatic carbocycles. The second kappa shape index (κ2) is 7.02. The monoisotopic (exact) mass is 345 g/mol. The van der Waals surface area contributed by atoms with Crippen molar-refractivity contribution in [2.45, 2.75) is 13.1 Å². The summed E-state index contributed by atoms with van der Waals surface area (Å²) in [6.45, 7) is 1.35. The highest BCUT2D eigenvalue weighted by atomic mass is 32.1. The van der Waals surface area contributed by atoms with Crippen molar-refractivity contribution in [3.63, 3.8) is 0 Å². The van der Waals surface area contributed by atoms with Crippen LogP contribution in [-0.2, 0) is 13.1 Å². The van der Waals surface area contributed by atoms with Crippen LogP contribution in [-0.4, -0.2) is 36.1 Å². The molecule has 2 aromatic heterocycles. The maximum Gasteiger partial charge on any atom is 0.258 e. The summed E-state index contributed by atoms with van der Waals surface area (Å²) in [5.41, 5.74) is 1.66. The van der Waals surface area contributed by atoms with Gasteiger partial charge >= 0.3 is 0 Å². The third-order valence-corrected chi connectivity index (χ3v) is 4.44. The van der Waals surface area contributed by atoms with E-state index in [1.165, 1.54) is 5.56 Å². The molecule has 2 heterocycles. The SMILES string of the molecule is COc1cc2nc(CN(C)Cc3ccsc3)[nH]c(=O)c2cc1OC. The van der Waals surface area contributed by atoms with Gasteiger partial charge in [0.25, 0.3) is 5.56 Å². The number of ether oxygens (including phenoxy) is 2. The van der Waals surface area contributed by atoms with Gasteiger partial charge in [0.15, 0.2) is 11.5 Å². The molecule has 0 aliphatic rings. The lowest BCUT2D eigenvalue weighted by Gasteiger charge is -2.15. The van der Waals surface area contributed by atoms with Crippen molar-refractivity contribution >= 4 is 22.2 Å². The van der Waals surface area contributed by atoms with Crippen LogP contribution < -0.4 is 15.0 Å². The van der Waals surface area contributed by atoms with Crippen LogP contribution in [0.2, 0.25) is 0 Å². The van der Waals surface area contributed by atoms with Crippen LogP contribution in [0, 0.1) is 0 Å². The maximum absolute atomic E-state index is 12.4. The lowest BCUT2D eigenvalue weighted by atomic mass is 10.2. The van der Waals surface area contributed by atoms with Crippen molar-refractivity contribution in [3.05, 3.63) is 50.7 Å². The first-order valence-corrected chi connectivity index (χ1v) is 8.39. The van der Waals surface area contributed by atoms with E-state index in [0.717, 1.165) is 6.54 Å². The minimum absolute atomic E-state index is 0.181. The van der Waals surface area contributed by atoms with E-state index in [2.05, 4.69) is 31.7 Å². The molecule has 24 heavy (non-hydrogen) atoms. The minimum Gasteiger partial charge on any atom is -0.493 e. The number of thiophene rings is 1. The number of H-pyrrole nitrogens is 1. The van der Waals surface area contributed by atoms with Crippen molar-refractivity contribution in [2.24, 2.45) is 0 Å². The highest BCUT2D eigenvalue weighted by Gasteiger charge is 2.12. The summed E-state index contributed by atoms with van der Waals surface area (Å²) in [5.74, 6) is 1.69. The highest BCUT2D eigenvalue weighted by molar-refractivity contribution is 7.07. The van der Waals surface area contributed by atoms with Gasteiger partial charge in [-0.25, -0.2) is 4.98 Å². The number of benzene rings is 1. The number of methoxy groups -OCH3 is 2. The van der Waals surface area contributed by atoms with Crippen LogP contribution in [0.3, 0.4) is 0 Å². The summed E-state index contributed by atoms with van der Waals surface area (Å²) >= 11 is 1.67. The summed E-state index contributed by atoms with van der Waals surface area (Å²) in [6, 6.07) is 5.47. The Bertz CT molecular complexity index is 890. The van der Waals surface area contributed by atoms with Crippen LogP contribution in [0.15, 0.2) is 33.8 Å². The number of aromatic amines is 1. The number of nitrogens with zero attached hydrogens (tertiary/aromatic N) is 2. The summed E-state index contributed by atoms with van der Waals surface area (Å²) in [5, 5.41) is 4.65. The van der Waals surface area contributed by atoms with E-state index in [1.54, 1.807) is 37.7 Å². The first kappa shape index (κ1) is 16.5. The average Bonchev–Trinajstić information content (AvgIpc) is 3.06. The van der Waals surface area contributed by atoms with Gasteiger partial charge in [-0.2, -0.15) is 11.3 Å². The number of nitrogens with one attached hydrogen (secondary N) is 1. The molecule has 0 atom stereocenters. The Morgan fingerprint density at radius 1 is 1.21 bits per heavy atom. The van der Waals surface area contributed by atoms with Gasteiger partial charge in [0.05, 0.1) is 31.7 Å². The Kier molecular flexibility index (Phi) is 4.82. The van der Waals surface area contributed by atoms with E-state index in [0.29, 0.717) is 34.8 Å². The fourth-order valence-corrected chi connectivity index (χ4v) is 3.25. The van der Waals surface area contributed by atoms with Crippen LogP contribution in [0.25, 0.3) is 10.9 Å². The molecule has 0 aliphatic carbocycles. The summed E-state index contributed by atoms with van der Waals surface area (Å²) in [7, 11) is 5.10. The Labute approximate surface area is 143 Å². The second-order valence-corrected chi connectivity index (χ2v) is 6.32. The fraction of sp³-hybridized carbons (Fsp3) is 0.294. The molecule has 6 nitrogen and oxygen atoms in total. The molecule has 0 aliphatic heterocycles. The summed E-state index contributed by atoms with van der Waals surface area (Å²) < 4.78 is 10.5. The van der Waals surface area contributed by atoms with E-state index >= 15 is 0 Å². The van der Waals surface area contributed by atoms with E-state index in [9.17, 15) is 4.79 Å². The Balaban J connectivity index is 1.90. The van der Waals surface area contributed by atoms with Gasteiger partial charge in [-0.05, 0) is 35.5 Å². The molecule has 0 radical (unpaired) electrons. The lowest BCUT2D eigenvalue weighted by molar-refractivity contribution is 0.311. The third-order valence-electron chi connectivity index (χ3n) is 3.71. The Morgan fingerprint density at radius 3 is 2.62 bits per heavy atom. The first-order valence-electron chi connectivity index (χ1n) is 7.45. The number of fused-ring (bicyclic) bond motifs is 1. The highest BCUT2D eigenvalue weighted by Crippen LogP contribution is 2.29. The molecule has 0 spiro atoms. The van der Waals surface area contributed by atoms with Gasteiger partial charge in [-0.3, -0.25) is 9.69 Å². The molecular formula is C17H19N3O3S. The van der Waals surface area contributed by atoms with E-state index in [-0.39, 0.29) is 5.56 Å². The largest absolute Gasteiger partial charge is 0.493 e. The van der Waals surface area contributed by atoms with Gasteiger partial charge in [0, 0.05) is 12.6 Å². The van der Waals surface area contributed by atoms with Crippen molar-refractivity contribution in [3.8, 4) is 11.5 Å². The van der Waals surface area contributed by atoms with Gasteiger partial charge in [-0.1, -0.05) is 0 Å². The molecule has 0 saturated carbocycles. The molecule has 1 N–H and O–H groups in total. The smallest absolute Gasteiger partial charge is 0.258 e. The second-order valence-electron chi connectivity index (χ2n) is 5.54. The zero-order chi connectivity index (χ0) is 17.1. The molecule has 126 valence electrons. The molecule has 0 amide bonds. The lowest BCUT2D eigenvalue weighted by Crippen LogP contribution is -2.21. The normalized spacial score (nSPS) is 11.2. The topological polar surface area (TPSA) is 67.5 Å². The molecule has 0 saturated heterocycles. The molecule has 0 fully saturated rings. The fourth-order valence-electron chi connectivity index (χ4n) is 2.60. The molecule has 0 unspecified atom stereocenters. The minimum atomic E-state index is -0.181. The standard InChI is InChI=1S/C17H19N3O3S/c1-20(8-11-4-5-24-10-11)9-16-18-13-7-15(23-3)14(22-2)6-12(13)17(21)19-16/h4-7,10H,8-9H2,1-3H3,(H,18,19,21). The van der Waals surface area contributed by atoms with Gasteiger partial charge in [0.1, 0.15) is 5.82 Å². The Hall–Kier alpha value is -2.38. The maximum atomic E-state index is 12.4. The number of hydrogen-bond donors (Lipinski definition) is 1. The molecule has 3 rings (SSSR count). The number of rotatable bonds is 6. The quantitative estimate of drug-likeness (QED) is 0.744. The summed E-state index contributed by atoms with van der Waals surface area (Å²) in [4.78, 5) is 21.9. The summed E-state index contributed by atoms with van der Waals surface area (Å²) in [6.07, 6.45) is 0. The van der Waals surface area contributed by atoms with Gasteiger partial charge < -0.3 is 14.5 Å². The zero-order valence-electron chi connectivity index (χ0n) is 13.8. The van der Waals surface area contributed by atoms with E-state index < -0.39 is 0 Å². The van der Waals surface area contributed by atoms with Crippen molar-refractivity contribution < 1.29 is 9.47 Å². The van der Waals surface area contributed by atoms with Crippen LogP contribution >= 0.6 is 11.3 Å². The number of aromatic nitrogens is 2. The molecule has 3 aromatic rings. The van der Waals surface area contributed by atoms with Crippen LogP contribution in [0.5, 0.6) is 11.5 Å². The van der Waals surface area contributed by atoms with Gasteiger partial charge in [0.2, 0.25) is 0 Å². The Morgan fingerprint density at radius 2 is 1.96 bits per heavy atom. The van der Waals surface area contributed by atoms with Crippen molar-refractivity contribution in [2.75, 3.05) is 21.3 Å². The zero-order valence-corrected chi connectivity index (χ0v) is 14.6. The molecule has 0 bridgehead atoms. The average molecular weight is 345 g/mol. The number of hydrogen-bond acceptors (Lipinski definition) is 6. The van der Waals surface area contributed by atoms with Crippen LogP contribution in [0.1, 0.15) is 11.4 Å². The predicted octanol–water partition coefficient (Wildman–Crippen LogP) is 2.63. The van der Waals surface area contributed by atoms with Crippen molar-refractivity contribution in [1.29, 1.82) is 0 Å². The third kappa shape index (κ3) is 3.42. The van der Waals surface area contributed by atoms with Crippen molar-refractivity contribution in [1.82, 2.24) is 14.9 Å².